The lowest BCUT2D eigenvalue weighted by molar-refractivity contribution is -0.136. The van der Waals surface area contributed by atoms with Crippen molar-refractivity contribution in [3.05, 3.63) is 29.8 Å². The summed E-state index contributed by atoms with van der Waals surface area (Å²) in [7, 11) is -0.295. The van der Waals surface area contributed by atoms with E-state index in [0.29, 0.717) is 24.4 Å². The largest absolute Gasteiger partial charge is 0.481 e. The Kier molecular flexibility index (Phi) is 5.24. The monoisotopic (exact) mass is 370 g/mol. The van der Waals surface area contributed by atoms with E-state index in [1.54, 1.807) is 31.2 Å². The summed E-state index contributed by atoms with van der Waals surface area (Å²) in [5, 5.41) is 8.98. The number of carbonyl (C=O) groups excluding carboxylic acids is 1. The minimum atomic E-state index is -0.615. The van der Waals surface area contributed by atoms with Crippen molar-refractivity contribution in [2.45, 2.75) is 64.2 Å². The van der Waals surface area contributed by atoms with Crippen LogP contribution in [0.4, 0.5) is 0 Å². The lowest BCUT2D eigenvalue weighted by Gasteiger charge is -2.32. The van der Waals surface area contributed by atoms with Crippen LogP contribution in [-0.2, 0) is 14.1 Å². The Labute approximate surface area is 161 Å². The standard InChI is InChI=1S/C20H27BN2O4/c1-14(25-17-8-6-7-15(11-17)12-22)18(24)23-10-9-16(13-23)21-26-19(2,3)20(4,5)27-21/h6-8,11,14,16H,9-10,13H2,1-5H3. The van der Waals surface area contributed by atoms with E-state index in [2.05, 4.69) is 6.07 Å². The molecule has 0 bridgehead atoms. The lowest BCUT2D eigenvalue weighted by atomic mass is 9.71. The summed E-state index contributed by atoms with van der Waals surface area (Å²) in [5.41, 5.74) is -0.219. The van der Waals surface area contributed by atoms with Crippen LogP contribution in [0.15, 0.2) is 24.3 Å². The molecule has 0 aliphatic carbocycles. The molecule has 1 aromatic carbocycles. The first-order valence-electron chi connectivity index (χ1n) is 9.44. The van der Waals surface area contributed by atoms with Gasteiger partial charge in [0.05, 0.1) is 22.8 Å². The van der Waals surface area contributed by atoms with Crippen LogP contribution < -0.4 is 4.74 Å². The van der Waals surface area contributed by atoms with Gasteiger partial charge in [0.15, 0.2) is 6.10 Å². The molecule has 0 N–H and O–H groups in total. The van der Waals surface area contributed by atoms with Gasteiger partial charge in [-0.25, -0.2) is 0 Å². The van der Waals surface area contributed by atoms with E-state index in [-0.39, 0.29) is 30.0 Å². The van der Waals surface area contributed by atoms with Crippen LogP contribution in [-0.4, -0.2) is 48.3 Å². The van der Waals surface area contributed by atoms with Gasteiger partial charge in [-0.15, -0.1) is 0 Å². The molecule has 2 fully saturated rings. The van der Waals surface area contributed by atoms with Crippen molar-refractivity contribution >= 4 is 13.0 Å². The van der Waals surface area contributed by atoms with E-state index in [1.807, 2.05) is 32.6 Å². The van der Waals surface area contributed by atoms with E-state index in [1.165, 1.54) is 0 Å². The summed E-state index contributed by atoms with van der Waals surface area (Å²) < 4.78 is 18.0. The maximum Gasteiger partial charge on any atom is 0.463 e. The molecule has 1 amide bonds. The number of hydrogen-bond acceptors (Lipinski definition) is 5. The van der Waals surface area contributed by atoms with Gasteiger partial charge in [0.1, 0.15) is 5.75 Å². The first-order valence-corrected chi connectivity index (χ1v) is 9.44. The van der Waals surface area contributed by atoms with Crippen LogP contribution in [0, 0.1) is 11.3 Å². The molecule has 27 heavy (non-hydrogen) atoms. The lowest BCUT2D eigenvalue weighted by Crippen LogP contribution is -2.41. The van der Waals surface area contributed by atoms with Crippen molar-refractivity contribution in [3.63, 3.8) is 0 Å². The van der Waals surface area contributed by atoms with Gasteiger partial charge >= 0.3 is 7.12 Å². The quantitative estimate of drug-likeness (QED) is 0.762. The summed E-state index contributed by atoms with van der Waals surface area (Å²) in [4.78, 5) is 14.6. The van der Waals surface area contributed by atoms with Crippen LogP contribution in [0.1, 0.15) is 46.6 Å². The molecule has 2 saturated heterocycles. The van der Waals surface area contributed by atoms with E-state index < -0.39 is 6.10 Å². The summed E-state index contributed by atoms with van der Waals surface area (Å²) in [6.07, 6.45) is 0.232. The highest BCUT2D eigenvalue weighted by molar-refractivity contribution is 6.47. The molecule has 2 aliphatic heterocycles. The molecule has 6 nitrogen and oxygen atoms in total. The van der Waals surface area contributed by atoms with Gasteiger partial charge in [0, 0.05) is 18.9 Å². The second-order valence-corrected chi connectivity index (χ2v) is 8.36. The van der Waals surface area contributed by atoms with E-state index in [4.69, 9.17) is 19.3 Å². The number of nitriles is 1. The van der Waals surface area contributed by atoms with Crippen molar-refractivity contribution in [1.82, 2.24) is 4.90 Å². The molecule has 7 heteroatoms. The number of carbonyl (C=O) groups is 1. The molecular weight excluding hydrogens is 343 g/mol. The molecule has 2 unspecified atom stereocenters. The molecule has 2 atom stereocenters. The molecule has 0 aromatic heterocycles. The number of ether oxygens (including phenoxy) is 1. The van der Waals surface area contributed by atoms with Gasteiger partial charge in [-0.3, -0.25) is 4.79 Å². The van der Waals surface area contributed by atoms with Crippen molar-refractivity contribution in [2.75, 3.05) is 13.1 Å². The Morgan fingerprint density at radius 3 is 2.63 bits per heavy atom. The van der Waals surface area contributed by atoms with E-state index in [0.717, 1.165) is 6.42 Å². The third-order valence-electron chi connectivity index (χ3n) is 5.82. The zero-order valence-electron chi connectivity index (χ0n) is 16.7. The first kappa shape index (κ1) is 19.7. The number of rotatable bonds is 4. The minimum absolute atomic E-state index is 0.0589. The van der Waals surface area contributed by atoms with Crippen LogP contribution in [0.2, 0.25) is 5.82 Å². The van der Waals surface area contributed by atoms with Crippen LogP contribution in [0.25, 0.3) is 0 Å². The van der Waals surface area contributed by atoms with Crippen molar-refractivity contribution in [1.29, 1.82) is 5.26 Å². The average molecular weight is 370 g/mol. The van der Waals surface area contributed by atoms with Gasteiger partial charge in [-0.1, -0.05) is 6.07 Å². The van der Waals surface area contributed by atoms with Crippen molar-refractivity contribution < 1.29 is 18.8 Å². The third kappa shape index (κ3) is 3.97. The highest BCUT2D eigenvalue weighted by atomic mass is 16.7. The fourth-order valence-electron chi connectivity index (χ4n) is 3.44. The SMILES string of the molecule is CC(Oc1cccc(C#N)c1)C(=O)N1CCC(B2OC(C)(C)C(C)(C)O2)C1. The molecule has 0 radical (unpaired) electrons. The second-order valence-electron chi connectivity index (χ2n) is 8.36. The number of benzene rings is 1. The number of amides is 1. The minimum Gasteiger partial charge on any atom is -0.481 e. The maximum atomic E-state index is 12.8. The van der Waals surface area contributed by atoms with Gasteiger partial charge in [-0.05, 0) is 59.2 Å². The van der Waals surface area contributed by atoms with Crippen LogP contribution in [0.5, 0.6) is 5.75 Å². The maximum absolute atomic E-state index is 12.8. The van der Waals surface area contributed by atoms with Crippen LogP contribution in [0.3, 0.4) is 0 Å². The van der Waals surface area contributed by atoms with Gasteiger partial charge < -0.3 is 18.9 Å². The third-order valence-corrected chi connectivity index (χ3v) is 5.82. The highest BCUT2D eigenvalue weighted by Gasteiger charge is 2.54. The Morgan fingerprint density at radius 2 is 2.00 bits per heavy atom. The molecule has 0 spiro atoms. The summed E-state index contributed by atoms with van der Waals surface area (Å²) in [6, 6.07) is 8.91. The summed E-state index contributed by atoms with van der Waals surface area (Å²) in [5.74, 6) is 0.622. The number of likely N-dealkylation sites (tertiary alicyclic amines) is 1. The molecule has 2 heterocycles. The molecule has 144 valence electrons. The normalized spacial score (nSPS) is 24.5. The van der Waals surface area contributed by atoms with Gasteiger partial charge in [-0.2, -0.15) is 5.26 Å². The molecule has 1 aromatic rings. The van der Waals surface area contributed by atoms with Crippen molar-refractivity contribution in [3.8, 4) is 11.8 Å². The Morgan fingerprint density at radius 1 is 1.33 bits per heavy atom. The molecule has 2 aliphatic rings. The predicted octanol–water partition coefficient (Wildman–Crippen LogP) is 3.02. The molecular formula is C20H27BN2O4. The summed E-state index contributed by atoms with van der Waals surface area (Å²) in [6.45, 7) is 11.2. The fourth-order valence-corrected chi connectivity index (χ4v) is 3.44. The number of hydrogen-bond donors (Lipinski definition) is 0. The fraction of sp³-hybridized carbons (Fsp3) is 0.600. The Balaban J connectivity index is 1.58. The highest BCUT2D eigenvalue weighted by Crippen LogP contribution is 2.42. The number of nitrogens with zero attached hydrogens (tertiary/aromatic N) is 2. The Bertz CT molecular complexity index is 743. The zero-order valence-corrected chi connectivity index (χ0v) is 16.7. The van der Waals surface area contributed by atoms with E-state index in [9.17, 15) is 4.79 Å². The topological polar surface area (TPSA) is 71.8 Å². The zero-order chi connectivity index (χ0) is 19.8. The van der Waals surface area contributed by atoms with Crippen molar-refractivity contribution in [2.24, 2.45) is 0 Å². The average Bonchev–Trinajstić information content (AvgIpc) is 3.17. The van der Waals surface area contributed by atoms with Gasteiger partial charge in [0.2, 0.25) is 0 Å². The predicted molar refractivity (Wildman–Crippen MR) is 102 cm³/mol. The Hall–Kier alpha value is -2.04. The molecule has 3 rings (SSSR count). The second kappa shape index (κ2) is 7.18. The van der Waals surface area contributed by atoms with Crippen LogP contribution >= 0.6 is 0 Å². The smallest absolute Gasteiger partial charge is 0.463 e. The first-order chi connectivity index (χ1) is 12.6. The van der Waals surface area contributed by atoms with Gasteiger partial charge in [0.25, 0.3) is 5.91 Å². The van der Waals surface area contributed by atoms with E-state index >= 15 is 0 Å². The summed E-state index contributed by atoms with van der Waals surface area (Å²) >= 11 is 0. The molecule has 0 saturated carbocycles.